The van der Waals surface area contributed by atoms with Crippen LogP contribution in [0.4, 0.5) is 0 Å². The number of methoxy groups -OCH3 is 1. The van der Waals surface area contributed by atoms with E-state index >= 15 is 0 Å². The van der Waals surface area contributed by atoms with Crippen LogP contribution >= 0.6 is 0 Å². The average Bonchev–Trinajstić information content (AvgIpc) is 3.20. The van der Waals surface area contributed by atoms with Crippen LogP contribution in [0.5, 0.6) is 28.7 Å². The molecule has 55 heavy (non-hydrogen) atoms. The summed E-state index contributed by atoms with van der Waals surface area (Å²) in [6, 6.07) is 18.5. The first kappa shape index (κ1) is 44.9. The SMILES string of the molecule is C=C(/N=C(\N=C(/N)c1ccc(OC)cc1)c1ccc(OCC(CC)CCCC)cc1OCC(CC)CCCC)c1ccc(OCC(CC)CCCC)cc1O. The number of nitrogens with zero attached hydrogens (tertiary/aromatic N) is 2. The lowest BCUT2D eigenvalue weighted by Gasteiger charge is -2.20. The van der Waals surface area contributed by atoms with Gasteiger partial charge in [0, 0.05) is 23.3 Å². The molecule has 3 rings (SSSR count). The third kappa shape index (κ3) is 14.9. The van der Waals surface area contributed by atoms with Crippen LogP contribution in [0.2, 0.25) is 0 Å². The highest BCUT2D eigenvalue weighted by Crippen LogP contribution is 2.33. The maximum Gasteiger partial charge on any atom is 0.165 e. The number of ether oxygens (including phenoxy) is 4. The number of phenols is 1. The maximum absolute atomic E-state index is 11.2. The minimum Gasteiger partial charge on any atom is -0.507 e. The molecule has 8 nitrogen and oxygen atoms in total. The van der Waals surface area contributed by atoms with Crippen molar-refractivity contribution in [1.29, 1.82) is 0 Å². The summed E-state index contributed by atoms with van der Waals surface area (Å²) in [4.78, 5) is 9.84. The lowest BCUT2D eigenvalue weighted by atomic mass is 10.0. The van der Waals surface area contributed by atoms with Crippen LogP contribution in [-0.4, -0.2) is 43.7 Å². The summed E-state index contributed by atoms with van der Waals surface area (Å²) >= 11 is 0. The van der Waals surface area contributed by atoms with Crippen LogP contribution in [0.1, 0.15) is 135 Å². The largest absolute Gasteiger partial charge is 0.507 e. The number of phenolic OH excluding ortho intramolecular Hbond substituents is 1. The zero-order valence-corrected chi connectivity index (χ0v) is 34.9. The van der Waals surface area contributed by atoms with E-state index in [4.69, 9.17) is 34.7 Å². The fraction of sp³-hybridized carbons (Fsp3) is 0.532. The Balaban J connectivity index is 2.07. The molecule has 8 heteroatoms. The molecule has 0 saturated heterocycles. The normalized spacial score (nSPS) is 13.6. The number of unbranched alkanes of at least 4 members (excludes halogenated alkanes) is 3. The van der Waals surface area contributed by atoms with E-state index in [-0.39, 0.29) is 11.6 Å². The van der Waals surface area contributed by atoms with Gasteiger partial charge in [-0.25, -0.2) is 9.98 Å². The number of nitrogens with two attached hydrogens (primary N) is 1. The zero-order chi connectivity index (χ0) is 40.0. The molecule has 0 fully saturated rings. The molecular weight excluding hydrogens is 687 g/mol. The van der Waals surface area contributed by atoms with Gasteiger partial charge in [0.25, 0.3) is 0 Å². The number of hydrogen-bond donors (Lipinski definition) is 2. The minimum absolute atomic E-state index is 0.0230. The van der Waals surface area contributed by atoms with Crippen LogP contribution < -0.4 is 24.7 Å². The monoisotopic (exact) mass is 756 g/mol. The fourth-order valence-corrected chi connectivity index (χ4v) is 6.35. The highest BCUT2D eigenvalue weighted by molar-refractivity contribution is 6.13. The Morgan fingerprint density at radius 2 is 1.11 bits per heavy atom. The summed E-state index contributed by atoms with van der Waals surface area (Å²) in [6.45, 7) is 19.3. The van der Waals surface area contributed by atoms with Crippen LogP contribution in [0.25, 0.3) is 5.70 Å². The van der Waals surface area contributed by atoms with Crippen LogP contribution in [0.15, 0.2) is 77.2 Å². The zero-order valence-electron chi connectivity index (χ0n) is 34.9. The lowest BCUT2D eigenvalue weighted by Crippen LogP contribution is -2.18. The van der Waals surface area contributed by atoms with Crippen molar-refractivity contribution < 1.29 is 24.1 Å². The maximum atomic E-state index is 11.2. The van der Waals surface area contributed by atoms with Crippen molar-refractivity contribution in [2.75, 3.05) is 26.9 Å². The Morgan fingerprint density at radius 3 is 1.58 bits per heavy atom. The van der Waals surface area contributed by atoms with E-state index in [2.05, 4.69) is 48.1 Å². The Hall–Kier alpha value is -4.46. The van der Waals surface area contributed by atoms with Crippen molar-refractivity contribution in [2.45, 2.75) is 119 Å². The molecule has 0 aliphatic rings. The quantitative estimate of drug-likeness (QED) is 0.0624. The van der Waals surface area contributed by atoms with Gasteiger partial charge in [0.15, 0.2) is 5.84 Å². The number of rotatable bonds is 26. The first-order valence-electron chi connectivity index (χ1n) is 20.8. The van der Waals surface area contributed by atoms with Crippen molar-refractivity contribution in [3.05, 3.63) is 83.9 Å². The molecule has 0 aromatic heterocycles. The molecular formula is C47H69N3O5. The van der Waals surface area contributed by atoms with Crippen molar-refractivity contribution in [3.8, 4) is 28.7 Å². The molecule has 0 amide bonds. The van der Waals surface area contributed by atoms with Gasteiger partial charge >= 0.3 is 0 Å². The topological polar surface area (TPSA) is 108 Å². The van der Waals surface area contributed by atoms with E-state index in [1.807, 2.05) is 48.5 Å². The second-order valence-electron chi connectivity index (χ2n) is 14.6. The second kappa shape index (κ2) is 24.8. The summed E-state index contributed by atoms with van der Waals surface area (Å²) in [5.41, 5.74) is 8.81. The van der Waals surface area contributed by atoms with Crippen molar-refractivity contribution in [2.24, 2.45) is 33.5 Å². The van der Waals surface area contributed by atoms with Gasteiger partial charge in [0.05, 0.1) is 38.2 Å². The third-order valence-corrected chi connectivity index (χ3v) is 10.4. The van der Waals surface area contributed by atoms with Crippen LogP contribution in [0.3, 0.4) is 0 Å². The third-order valence-electron chi connectivity index (χ3n) is 10.4. The first-order chi connectivity index (χ1) is 26.7. The van der Waals surface area contributed by atoms with Gasteiger partial charge in [-0.05, 0) is 85.5 Å². The summed E-state index contributed by atoms with van der Waals surface area (Å²) < 4.78 is 24.5. The molecule has 0 aliphatic carbocycles. The summed E-state index contributed by atoms with van der Waals surface area (Å²) in [5.74, 6) is 4.60. The summed E-state index contributed by atoms with van der Waals surface area (Å²) in [6.07, 6.45) is 13.5. The Bertz CT molecular complexity index is 1630. The predicted molar refractivity (Wildman–Crippen MR) is 230 cm³/mol. The molecule has 3 aromatic carbocycles. The van der Waals surface area contributed by atoms with Gasteiger partial charge in [0.1, 0.15) is 34.6 Å². The summed E-state index contributed by atoms with van der Waals surface area (Å²) in [5, 5.41) is 11.2. The van der Waals surface area contributed by atoms with E-state index in [0.717, 1.165) is 63.5 Å². The summed E-state index contributed by atoms with van der Waals surface area (Å²) in [7, 11) is 1.63. The lowest BCUT2D eigenvalue weighted by molar-refractivity contribution is 0.223. The molecule has 3 aromatic rings. The van der Waals surface area contributed by atoms with Crippen molar-refractivity contribution in [1.82, 2.24) is 0 Å². The highest BCUT2D eigenvalue weighted by Gasteiger charge is 2.19. The van der Waals surface area contributed by atoms with Gasteiger partial charge in [0.2, 0.25) is 0 Å². The van der Waals surface area contributed by atoms with Gasteiger partial charge in [-0.15, -0.1) is 0 Å². The molecule has 0 bridgehead atoms. The molecule has 0 aliphatic heterocycles. The van der Waals surface area contributed by atoms with E-state index in [1.54, 1.807) is 19.2 Å². The predicted octanol–water partition coefficient (Wildman–Crippen LogP) is 12.0. The molecule has 3 atom stereocenters. The van der Waals surface area contributed by atoms with E-state index in [1.165, 1.54) is 19.3 Å². The number of hydrogen-bond acceptors (Lipinski definition) is 6. The van der Waals surface area contributed by atoms with Gasteiger partial charge < -0.3 is 29.8 Å². The van der Waals surface area contributed by atoms with Crippen molar-refractivity contribution in [3.63, 3.8) is 0 Å². The van der Waals surface area contributed by atoms with Crippen LogP contribution in [-0.2, 0) is 0 Å². The average molecular weight is 756 g/mol. The van der Waals surface area contributed by atoms with Gasteiger partial charge in [-0.1, -0.05) is 106 Å². The molecule has 302 valence electrons. The van der Waals surface area contributed by atoms with Crippen molar-refractivity contribution >= 4 is 17.4 Å². The number of benzene rings is 3. The minimum atomic E-state index is 0.0230. The smallest absolute Gasteiger partial charge is 0.165 e. The Morgan fingerprint density at radius 1 is 0.636 bits per heavy atom. The number of amidine groups is 2. The molecule has 3 unspecified atom stereocenters. The van der Waals surface area contributed by atoms with Gasteiger partial charge in [-0.3, -0.25) is 0 Å². The highest BCUT2D eigenvalue weighted by atomic mass is 16.5. The number of aliphatic imine (C=N–C) groups is 2. The Labute approximate surface area is 332 Å². The molecule has 0 radical (unpaired) electrons. The molecule has 0 saturated carbocycles. The molecule has 3 N–H and O–H groups in total. The number of aromatic hydroxyl groups is 1. The second-order valence-corrected chi connectivity index (χ2v) is 14.6. The standard InChI is InChI=1S/C47H69N3O5/c1-9-15-18-35(12-4)31-53-40-25-27-42(44(51)29-40)34(7)49-47(50-46(48)38-21-23-39(52-8)24-22-38)43-28-26-41(54-32-36(13-5)19-16-10-2)30-45(43)55-33-37(14-6)20-17-11-3/h21-30,35-37,51H,7,9-20,31-33H2,1-6,8H3,(H2,48,49,50). The van der Waals surface area contributed by atoms with E-state index < -0.39 is 0 Å². The fourth-order valence-electron chi connectivity index (χ4n) is 6.35. The molecule has 0 spiro atoms. The van der Waals surface area contributed by atoms with E-state index in [9.17, 15) is 5.11 Å². The first-order valence-corrected chi connectivity index (χ1v) is 20.8. The van der Waals surface area contributed by atoms with E-state index in [0.29, 0.717) is 83.0 Å². The molecule has 0 heterocycles. The Kier molecular flexibility index (Phi) is 20.3. The van der Waals surface area contributed by atoms with Crippen LogP contribution in [0, 0.1) is 17.8 Å². The van der Waals surface area contributed by atoms with Gasteiger partial charge in [-0.2, -0.15) is 0 Å².